The van der Waals surface area contributed by atoms with Gasteiger partial charge < -0.3 is 14.6 Å². The molecular formula is C21H22BrO3-. The Bertz CT molecular complexity index is 820. The lowest BCUT2D eigenvalue weighted by atomic mass is 9.63. The van der Waals surface area contributed by atoms with Crippen molar-refractivity contribution >= 4 is 21.9 Å². The molecule has 0 amide bonds. The first-order chi connectivity index (χ1) is 11.6. The summed E-state index contributed by atoms with van der Waals surface area (Å²) in [6.45, 7) is 9.11. The number of hydrogen-bond donors (Lipinski definition) is 0. The van der Waals surface area contributed by atoms with E-state index in [4.69, 9.17) is 4.74 Å². The number of halogens is 1. The minimum Gasteiger partial charge on any atom is -0.545 e. The van der Waals surface area contributed by atoms with E-state index in [1.807, 2.05) is 0 Å². The molecule has 0 aliphatic heterocycles. The second kappa shape index (κ2) is 6.17. The first-order valence-corrected chi connectivity index (χ1v) is 9.23. The number of aromatic carboxylic acids is 1. The zero-order valence-corrected chi connectivity index (χ0v) is 16.6. The van der Waals surface area contributed by atoms with Gasteiger partial charge in [0, 0.05) is 0 Å². The molecule has 3 nitrogen and oxygen atoms in total. The summed E-state index contributed by atoms with van der Waals surface area (Å²) in [4.78, 5) is 10.9. The normalized spacial score (nSPS) is 17.6. The Kier molecular flexibility index (Phi) is 4.44. The number of fused-ring (bicyclic) bond motifs is 1. The highest BCUT2D eigenvalue weighted by Crippen LogP contribution is 2.48. The van der Waals surface area contributed by atoms with Crippen molar-refractivity contribution in [1.29, 1.82) is 0 Å². The first kappa shape index (κ1) is 18.0. The molecule has 0 unspecified atom stereocenters. The van der Waals surface area contributed by atoms with Crippen molar-refractivity contribution in [2.45, 2.75) is 51.4 Å². The van der Waals surface area contributed by atoms with Gasteiger partial charge >= 0.3 is 0 Å². The third-order valence-corrected chi connectivity index (χ3v) is 5.84. The maximum Gasteiger partial charge on any atom is 0.141 e. The van der Waals surface area contributed by atoms with Crippen LogP contribution in [0, 0.1) is 0 Å². The summed E-state index contributed by atoms with van der Waals surface area (Å²) >= 11 is 3.63. The Balaban J connectivity index is 1.99. The summed E-state index contributed by atoms with van der Waals surface area (Å²) < 4.78 is 6.91. The second-order valence-corrected chi connectivity index (χ2v) is 8.86. The summed E-state index contributed by atoms with van der Waals surface area (Å²) in [7, 11) is 0. The number of benzene rings is 2. The Morgan fingerprint density at radius 1 is 1.00 bits per heavy atom. The van der Waals surface area contributed by atoms with Gasteiger partial charge in [-0.3, -0.25) is 0 Å². The van der Waals surface area contributed by atoms with Gasteiger partial charge in [0.1, 0.15) is 11.5 Å². The van der Waals surface area contributed by atoms with Crippen LogP contribution < -0.4 is 9.84 Å². The van der Waals surface area contributed by atoms with Crippen molar-refractivity contribution in [2.24, 2.45) is 0 Å². The number of rotatable bonds is 3. The van der Waals surface area contributed by atoms with Gasteiger partial charge in [0.2, 0.25) is 0 Å². The maximum absolute atomic E-state index is 10.9. The average molecular weight is 402 g/mol. The Morgan fingerprint density at radius 2 is 1.52 bits per heavy atom. The molecule has 1 aliphatic carbocycles. The molecule has 0 fully saturated rings. The van der Waals surface area contributed by atoms with Gasteiger partial charge in [0.15, 0.2) is 0 Å². The standard InChI is InChI=1S/C21H23BrO3/c1-20(2)9-10-21(3,4)16-12-18(17(22)11-15(16)20)25-14-7-5-13(6-8-14)19(23)24/h5-8,11-12H,9-10H2,1-4H3,(H,23,24)/p-1. The first-order valence-electron chi connectivity index (χ1n) is 8.44. The van der Waals surface area contributed by atoms with E-state index in [9.17, 15) is 9.90 Å². The van der Waals surface area contributed by atoms with E-state index in [-0.39, 0.29) is 16.4 Å². The number of carboxylic acid groups (broad SMARTS) is 1. The van der Waals surface area contributed by atoms with Crippen LogP contribution in [0.2, 0.25) is 0 Å². The summed E-state index contributed by atoms with van der Waals surface area (Å²) in [6.07, 6.45) is 2.29. The molecule has 132 valence electrons. The van der Waals surface area contributed by atoms with Crippen LogP contribution in [0.3, 0.4) is 0 Å². The Labute approximate surface area is 157 Å². The molecule has 4 heteroatoms. The van der Waals surface area contributed by atoms with Gasteiger partial charge in [0.25, 0.3) is 0 Å². The third-order valence-electron chi connectivity index (χ3n) is 5.22. The number of carboxylic acids is 1. The fourth-order valence-corrected chi connectivity index (χ4v) is 3.86. The molecule has 0 spiro atoms. The molecule has 1 aliphatic rings. The van der Waals surface area contributed by atoms with Crippen molar-refractivity contribution in [3.8, 4) is 11.5 Å². The summed E-state index contributed by atoms with van der Waals surface area (Å²) in [5.74, 6) is 0.148. The smallest absolute Gasteiger partial charge is 0.141 e. The van der Waals surface area contributed by atoms with Crippen molar-refractivity contribution in [1.82, 2.24) is 0 Å². The maximum atomic E-state index is 10.9. The number of ether oxygens (including phenoxy) is 1. The van der Waals surface area contributed by atoms with Crippen LogP contribution in [-0.2, 0) is 10.8 Å². The lowest BCUT2D eigenvalue weighted by molar-refractivity contribution is -0.255. The van der Waals surface area contributed by atoms with E-state index >= 15 is 0 Å². The van der Waals surface area contributed by atoms with E-state index in [1.165, 1.54) is 23.3 Å². The minimum atomic E-state index is -1.19. The molecule has 25 heavy (non-hydrogen) atoms. The monoisotopic (exact) mass is 401 g/mol. The van der Waals surface area contributed by atoms with Crippen molar-refractivity contribution in [3.05, 3.63) is 57.6 Å². The van der Waals surface area contributed by atoms with Crippen LogP contribution in [0.25, 0.3) is 0 Å². The molecule has 0 heterocycles. The molecule has 0 saturated heterocycles. The van der Waals surface area contributed by atoms with E-state index in [0.717, 1.165) is 23.1 Å². The Hall–Kier alpha value is -1.81. The largest absolute Gasteiger partial charge is 0.545 e. The summed E-state index contributed by atoms with van der Waals surface area (Å²) in [5, 5.41) is 10.9. The summed E-state index contributed by atoms with van der Waals surface area (Å²) in [6, 6.07) is 10.6. The van der Waals surface area contributed by atoms with E-state index in [1.54, 1.807) is 12.1 Å². The molecule has 0 radical (unpaired) electrons. The molecular weight excluding hydrogens is 380 g/mol. The minimum absolute atomic E-state index is 0.0997. The molecule has 0 N–H and O–H groups in total. The molecule has 0 aromatic heterocycles. The molecule has 0 saturated carbocycles. The van der Waals surface area contributed by atoms with Gasteiger partial charge in [-0.15, -0.1) is 0 Å². The van der Waals surface area contributed by atoms with Crippen LogP contribution in [-0.4, -0.2) is 5.97 Å². The van der Waals surface area contributed by atoms with Crippen LogP contribution in [0.1, 0.15) is 62.0 Å². The predicted octanol–water partition coefficient (Wildman–Crippen LogP) is 4.95. The predicted molar refractivity (Wildman–Crippen MR) is 100 cm³/mol. The highest BCUT2D eigenvalue weighted by molar-refractivity contribution is 9.10. The van der Waals surface area contributed by atoms with Gasteiger partial charge in [-0.05, 0) is 92.7 Å². The zero-order valence-electron chi connectivity index (χ0n) is 15.0. The molecule has 2 aromatic carbocycles. The van der Waals surface area contributed by atoms with Crippen molar-refractivity contribution in [3.63, 3.8) is 0 Å². The third kappa shape index (κ3) is 3.45. The van der Waals surface area contributed by atoms with E-state index in [2.05, 4.69) is 55.8 Å². The number of carbonyl (C=O) groups excluding carboxylic acids is 1. The van der Waals surface area contributed by atoms with Crippen LogP contribution >= 0.6 is 15.9 Å². The van der Waals surface area contributed by atoms with Crippen LogP contribution in [0.5, 0.6) is 11.5 Å². The quantitative estimate of drug-likeness (QED) is 0.730. The fourth-order valence-electron chi connectivity index (χ4n) is 3.43. The SMILES string of the molecule is CC1(C)CCC(C)(C)c2cc(Oc3ccc(C(=O)[O-])cc3)c(Br)cc21. The highest BCUT2D eigenvalue weighted by atomic mass is 79.9. The van der Waals surface area contributed by atoms with E-state index < -0.39 is 5.97 Å². The van der Waals surface area contributed by atoms with Gasteiger partial charge in [0.05, 0.1) is 10.4 Å². The molecule has 0 atom stereocenters. The summed E-state index contributed by atoms with van der Waals surface area (Å²) in [5.41, 5.74) is 3.05. The molecule has 2 aromatic rings. The highest BCUT2D eigenvalue weighted by Gasteiger charge is 2.37. The van der Waals surface area contributed by atoms with Crippen LogP contribution in [0.4, 0.5) is 0 Å². The van der Waals surface area contributed by atoms with Gasteiger partial charge in [-0.1, -0.05) is 27.7 Å². The van der Waals surface area contributed by atoms with Gasteiger partial charge in [-0.25, -0.2) is 0 Å². The molecule has 3 rings (SSSR count). The second-order valence-electron chi connectivity index (χ2n) is 8.01. The van der Waals surface area contributed by atoms with Gasteiger partial charge in [-0.2, -0.15) is 0 Å². The van der Waals surface area contributed by atoms with Crippen LogP contribution in [0.15, 0.2) is 40.9 Å². The van der Waals surface area contributed by atoms with Crippen molar-refractivity contribution in [2.75, 3.05) is 0 Å². The molecule has 0 bridgehead atoms. The van der Waals surface area contributed by atoms with Crippen molar-refractivity contribution < 1.29 is 14.6 Å². The lowest BCUT2D eigenvalue weighted by Gasteiger charge is -2.42. The Morgan fingerprint density at radius 3 is 2.04 bits per heavy atom. The number of hydrogen-bond acceptors (Lipinski definition) is 3. The number of carbonyl (C=O) groups is 1. The van der Waals surface area contributed by atoms with E-state index in [0.29, 0.717) is 5.75 Å². The zero-order chi connectivity index (χ0) is 18.4. The average Bonchev–Trinajstić information content (AvgIpc) is 2.54. The lowest BCUT2D eigenvalue weighted by Crippen LogP contribution is -2.33. The fraction of sp³-hybridized carbons (Fsp3) is 0.381. The topological polar surface area (TPSA) is 49.4 Å².